The van der Waals surface area contributed by atoms with Crippen LogP contribution in [0, 0.1) is 0 Å². The second-order valence-electron chi connectivity index (χ2n) is 4.72. The van der Waals surface area contributed by atoms with Crippen LogP contribution in [0.25, 0.3) is 0 Å². The molecule has 0 aliphatic heterocycles. The average Bonchev–Trinajstić information content (AvgIpc) is 2.34. The molecule has 0 saturated heterocycles. The van der Waals surface area contributed by atoms with Crippen molar-refractivity contribution in [1.82, 2.24) is 9.80 Å². The number of carboxylic acid groups (broad SMARTS) is 1. The van der Waals surface area contributed by atoms with Crippen molar-refractivity contribution >= 4 is 12.0 Å². The quantitative estimate of drug-likeness (QED) is 0.665. The van der Waals surface area contributed by atoms with E-state index in [2.05, 4.69) is 0 Å². The summed E-state index contributed by atoms with van der Waals surface area (Å²) < 4.78 is 0. The number of aliphatic carboxylic acids is 1. The van der Waals surface area contributed by atoms with Crippen molar-refractivity contribution in [3.05, 3.63) is 0 Å². The Morgan fingerprint density at radius 3 is 2.21 bits per heavy atom. The van der Waals surface area contributed by atoms with Gasteiger partial charge in [0.15, 0.2) is 0 Å². The predicted octanol–water partition coefficient (Wildman–Crippen LogP) is 1.39. The molecule has 0 unspecified atom stereocenters. The van der Waals surface area contributed by atoms with Crippen molar-refractivity contribution in [2.24, 2.45) is 0 Å². The number of aliphatic hydroxyl groups is 1. The average molecular weight is 274 g/mol. The third kappa shape index (κ3) is 7.00. The molecule has 2 amide bonds. The third-order valence-corrected chi connectivity index (χ3v) is 2.90. The number of rotatable bonds is 9. The molecule has 0 fully saturated rings. The van der Waals surface area contributed by atoms with Crippen LogP contribution in [0.5, 0.6) is 0 Å². The second kappa shape index (κ2) is 9.61. The molecule has 0 aliphatic carbocycles. The molecule has 0 bridgehead atoms. The molecule has 19 heavy (non-hydrogen) atoms. The van der Waals surface area contributed by atoms with Crippen LogP contribution in [-0.2, 0) is 4.79 Å². The summed E-state index contributed by atoms with van der Waals surface area (Å²) in [7, 11) is 0. The first-order valence-corrected chi connectivity index (χ1v) is 6.82. The van der Waals surface area contributed by atoms with Crippen molar-refractivity contribution in [3.8, 4) is 0 Å². The largest absolute Gasteiger partial charge is 0.481 e. The summed E-state index contributed by atoms with van der Waals surface area (Å²) in [5.74, 6) is -0.844. The number of carbonyl (C=O) groups excluding carboxylic acids is 1. The SMILES string of the molecule is CCN(CCCO)C(=O)N(CCCC(=O)O)C(C)C. The molecule has 0 rings (SSSR count). The van der Waals surface area contributed by atoms with Gasteiger partial charge >= 0.3 is 12.0 Å². The maximum absolute atomic E-state index is 12.3. The molecule has 0 aliphatic rings. The van der Waals surface area contributed by atoms with E-state index in [1.54, 1.807) is 9.80 Å². The first-order valence-electron chi connectivity index (χ1n) is 6.82. The van der Waals surface area contributed by atoms with Gasteiger partial charge in [0.2, 0.25) is 0 Å². The van der Waals surface area contributed by atoms with E-state index in [9.17, 15) is 9.59 Å². The predicted molar refractivity (Wildman–Crippen MR) is 73.1 cm³/mol. The van der Waals surface area contributed by atoms with Gasteiger partial charge in [0.05, 0.1) is 0 Å². The number of aliphatic hydroxyl groups excluding tert-OH is 1. The summed E-state index contributed by atoms with van der Waals surface area (Å²) in [4.78, 5) is 26.2. The molecule has 0 aromatic carbocycles. The van der Waals surface area contributed by atoms with E-state index in [0.717, 1.165) is 0 Å². The normalized spacial score (nSPS) is 10.6. The van der Waals surface area contributed by atoms with Crippen LogP contribution < -0.4 is 0 Å². The number of amides is 2. The number of carbonyl (C=O) groups is 2. The van der Waals surface area contributed by atoms with Crippen LogP contribution in [-0.4, -0.2) is 64.3 Å². The van der Waals surface area contributed by atoms with Gasteiger partial charge < -0.3 is 20.0 Å². The molecule has 112 valence electrons. The lowest BCUT2D eigenvalue weighted by molar-refractivity contribution is -0.137. The summed E-state index contributed by atoms with van der Waals surface area (Å²) in [5.41, 5.74) is 0. The highest BCUT2D eigenvalue weighted by Gasteiger charge is 2.21. The molecule has 0 aromatic heterocycles. The van der Waals surface area contributed by atoms with Crippen LogP contribution >= 0.6 is 0 Å². The Hall–Kier alpha value is -1.30. The Labute approximate surface area is 115 Å². The Bertz CT molecular complexity index is 282. The van der Waals surface area contributed by atoms with Gasteiger partial charge in [-0.1, -0.05) is 0 Å². The van der Waals surface area contributed by atoms with E-state index in [0.29, 0.717) is 32.5 Å². The zero-order valence-electron chi connectivity index (χ0n) is 12.1. The first kappa shape index (κ1) is 17.7. The molecule has 6 heteroatoms. The van der Waals surface area contributed by atoms with Crippen LogP contribution in [0.1, 0.15) is 40.0 Å². The minimum absolute atomic E-state index is 0.0319. The van der Waals surface area contributed by atoms with Crippen LogP contribution in [0.2, 0.25) is 0 Å². The zero-order valence-corrected chi connectivity index (χ0v) is 12.1. The minimum atomic E-state index is -0.844. The van der Waals surface area contributed by atoms with Crippen molar-refractivity contribution in [2.45, 2.75) is 46.1 Å². The number of carboxylic acids is 1. The number of hydrogen-bond acceptors (Lipinski definition) is 3. The van der Waals surface area contributed by atoms with E-state index >= 15 is 0 Å². The monoisotopic (exact) mass is 274 g/mol. The number of urea groups is 1. The van der Waals surface area contributed by atoms with Crippen LogP contribution in [0.3, 0.4) is 0 Å². The Morgan fingerprint density at radius 1 is 1.16 bits per heavy atom. The number of hydrogen-bond donors (Lipinski definition) is 2. The molecule has 0 spiro atoms. The highest BCUT2D eigenvalue weighted by molar-refractivity contribution is 5.74. The summed E-state index contributed by atoms with van der Waals surface area (Å²) in [5, 5.41) is 17.5. The minimum Gasteiger partial charge on any atom is -0.481 e. The fourth-order valence-corrected chi connectivity index (χ4v) is 1.81. The fraction of sp³-hybridized carbons (Fsp3) is 0.846. The third-order valence-electron chi connectivity index (χ3n) is 2.90. The lowest BCUT2D eigenvalue weighted by Gasteiger charge is -2.32. The Balaban J connectivity index is 4.48. The molecule has 2 N–H and O–H groups in total. The lowest BCUT2D eigenvalue weighted by Crippen LogP contribution is -2.47. The van der Waals surface area contributed by atoms with E-state index in [4.69, 9.17) is 10.2 Å². The maximum atomic E-state index is 12.3. The summed E-state index contributed by atoms with van der Waals surface area (Å²) in [6.07, 6.45) is 1.08. The van der Waals surface area contributed by atoms with E-state index in [1.807, 2.05) is 20.8 Å². The van der Waals surface area contributed by atoms with Crippen molar-refractivity contribution in [2.75, 3.05) is 26.2 Å². The molecule has 0 heterocycles. The van der Waals surface area contributed by atoms with Gasteiger partial charge in [-0.15, -0.1) is 0 Å². The first-order chi connectivity index (χ1) is 8.93. The van der Waals surface area contributed by atoms with Crippen LogP contribution in [0.15, 0.2) is 0 Å². The molecular formula is C13H26N2O4. The van der Waals surface area contributed by atoms with Gasteiger partial charge in [-0.2, -0.15) is 0 Å². The summed E-state index contributed by atoms with van der Waals surface area (Å²) in [6, 6.07) is -0.0548. The van der Waals surface area contributed by atoms with E-state index in [1.165, 1.54) is 0 Å². The fourth-order valence-electron chi connectivity index (χ4n) is 1.81. The molecular weight excluding hydrogens is 248 g/mol. The lowest BCUT2D eigenvalue weighted by atomic mass is 10.2. The van der Waals surface area contributed by atoms with Gasteiger partial charge in [0, 0.05) is 38.7 Å². The van der Waals surface area contributed by atoms with Crippen molar-refractivity contribution in [3.63, 3.8) is 0 Å². The standard InChI is InChI=1S/C13H26N2O4/c1-4-14(8-6-10-16)13(19)15(11(2)3)9-5-7-12(17)18/h11,16H,4-10H2,1-3H3,(H,17,18). The van der Waals surface area contributed by atoms with Crippen LogP contribution in [0.4, 0.5) is 4.79 Å². The van der Waals surface area contributed by atoms with Gasteiger partial charge in [0.1, 0.15) is 0 Å². The second-order valence-corrected chi connectivity index (χ2v) is 4.72. The zero-order chi connectivity index (χ0) is 14.8. The highest BCUT2D eigenvalue weighted by Crippen LogP contribution is 2.07. The maximum Gasteiger partial charge on any atom is 0.320 e. The summed E-state index contributed by atoms with van der Waals surface area (Å²) in [6.45, 7) is 7.33. The molecule has 0 saturated carbocycles. The molecule has 6 nitrogen and oxygen atoms in total. The Morgan fingerprint density at radius 2 is 1.79 bits per heavy atom. The van der Waals surface area contributed by atoms with Gasteiger partial charge in [-0.3, -0.25) is 4.79 Å². The topological polar surface area (TPSA) is 81.1 Å². The molecule has 0 radical (unpaired) electrons. The van der Waals surface area contributed by atoms with Gasteiger partial charge in [0.25, 0.3) is 0 Å². The van der Waals surface area contributed by atoms with E-state index in [-0.39, 0.29) is 25.1 Å². The number of nitrogens with zero attached hydrogens (tertiary/aromatic N) is 2. The van der Waals surface area contributed by atoms with Crippen molar-refractivity contribution < 1.29 is 19.8 Å². The molecule has 0 aromatic rings. The molecule has 0 atom stereocenters. The van der Waals surface area contributed by atoms with E-state index < -0.39 is 5.97 Å². The van der Waals surface area contributed by atoms with Gasteiger partial charge in [-0.25, -0.2) is 4.79 Å². The smallest absolute Gasteiger partial charge is 0.320 e. The Kier molecular flexibility index (Phi) is 8.95. The van der Waals surface area contributed by atoms with Crippen molar-refractivity contribution in [1.29, 1.82) is 0 Å². The summed E-state index contributed by atoms with van der Waals surface area (Å²) >= 11 is 0. The van der Waals surface area contributed by atoms with Gasteiger partial charge in [-0.05, 0) is 33.6 Å². The highest BCUT2D eigenvalue weighted by atomic mass is 16.4.